The molecule has 1 heterocycles. The van der Waals surface area contributed by atoms with E-state index >= 15 is 0 Å². The summed E-state index contributed by atoms with van der Waals surface area (Å²) in [5.74, 6) is 1.89. The molecule has 0 fully saturated rings. The first-order valence-corrected chi connectivity index (χ1v) is 5.69. The van der Waals surface area contributed by atoms with Crippen LogP contribution >= 0.6 is 22.6 Å². The Balaban J connectivity index is 2.29. The fraction of sp³-hybridized carbons (Fsp3) is 0.182. The predicted octanol–water partition coefficient (Wildman–Crippen LogP) is 2.61. The van der Waals surface area contributed by atoms with Gasteiger partial charge in [0.15, 0.2) is 0 Å². The maximum absolute atomic E-state index is 5.27. The number of imidazole rings is 1. The van der Waals surface area contributed by atoms with Crippen molar-refractivity contribution in [1.29, 1.82) is 0 Å². The quantitative estimate of drug-likeness (QED) is 0.885. The molecule has 15 heavy (non-hydrogen) atoms. The lowest BCUT2D eigenvalue weighted by molar-refractivity contribution is 0.411. The first-order chi connectivity index (χ1) is 7.31. The third kappa shape index (κ3) is 2.31. The number of aromatic nitrogens is 2. The van der Waals surface area contributed by atoms with E-state index in [2.05, 4.69) is 38.6 Å². The third-order valence-electron chi connectivity index (χ3n) is 2.18. The van der Waals surface area contributed by atoms with Crippen molar-refractivity contribution in [2.75, 3.05) is 7.11 Å². The summed E-state index contributed by atoms with van der Waals surface area (Å²) in [4.78, 5) is 7.30. The highest BCUT2D eigenvalue weighted by atomic mass is 127. The van der Waals surface area contributed by atoms with Gasteiger partial charge < -0.3 is 9.72 Å². The molecule has 3 nitrogen and oxygen atoms in total. The lowest BCUT2D eigenvalue weighted by Gasteiger charge is -2.07. The van der Waals surface area contributed by atoms with Crippen LogP contribution in [0.3, 0.4) is 0 Å². The second kappa shape index (κ2) is 4.65. The van der Waals surface area contributed by atoms with Crippen LogP contribution in [0.15, 0.2) is 30.6 Å². The Morgan fingerprint density at radius 3 is 3.00 bits per heavy atom. The van der Waals surface area contributed by atoms with Crippen LogP contribution < -0.4 is 4.74 Å². The molecule has 0 unspecified atom stereocenters. The Labute approximate surface area is 102 Å². The molecule has 0 spiro atoms. The van der Waals surface area contributed by atoms with Gasteiger partial charge in [0.1, 0.15) is 11.6 Å². The fourth-order valence-electron chi connectivity index (χ4n) is 1.43. The molecule has 0 atom stereocenters. The first kappa shape index (κ1) is 10.5. The van der Waals surface area contributed by atoms with E-state index in [0.717, 1.165) is 21.6 Å². The van der Waals surface area contributed by atoms with E-state index in [9.17, 15) is 0 Å². The molecule has 0 aliphatic rings. The summed E-state index contributed by atoms with van der Waals surface area (Å²) in [5.41, 5.74) is 1.23. The summed E-state index contributed by atoms with van der Waals surface area (Å²) < 4.78 is 6.41. The van der Waals surface area contributed by atoms with Gasteiger partial charge in [0, 0.05) is 18.8 Å². The van der Waals surface area contributed by atoms with Crippen molar-refractivity contribution in [2.24, 2.45) is 0 Å². The minimum Gasteiger partial charge on any atom is -0.496 e. The van der Waals surface area contributed by atoms with Gasteiger partial charge in [-0.25, -0.2) is 4.98 Å². The van der Waals surface area contributed by atoms with Gasteiger partial charge in [-0.3, -0.25) is 0 Å². The van der Waals surface area contributed by atoms with Gasteiger partial charge in [0.05, 0.1) is 10.7 Å². The number of aromatic amines is 1. The Kier molecular flexibility index (Phi) is 3.25. The van der Waals surface area contributed by atoms with Crippen LogP contribution in [0.2, 0.25) is 0 Å². The van der Waals surface area contributed by atoms with Gasteiger partial charge >= 0.3 is 0 Å². The van der Waals surface area contributed by atoms with Crippen LogP contribution in [0, 0.1) is 3.57 Å². The van der Waals surface area contributed by atoms with E-state index in [-0.39, 0.29) is 0 Å². The van der Waals surface area contributed by atoms with Crippen molar-refractivity contribution in [1.82, 2.24) is 9.97 Å². The van der Waals surface area contributed by atoms with Gasteiger partial charge in [-0.2, -0.15) is 0 Å². The van der Waals surface area contributed by atoms with E-state index in [1.165, 1.54) is 5.56 Å². The van der Waals surface area contributed by atoms with Gasteiger partial charge in [-0.1, -0.05) is 12.1 Å². The fourth-order valence-corrected chi connectivity index (χ4v) is 2.20. The minimum absolute atomic E-state index is 0.808. The number of rotatable bonds is 3. The van der Waals surface area contributed by atoms with Crippen molar-refractivity contribution in [3.63, 3.8) is 0 Å². The molecule has 0 amide bonds. The molecule has 4 heteroatoms. The maximum atomic E-state index is 5.27. The summed E-state index contributed by atoms with van der Waals surface area (Å²) in [5, 5.41) is 0. The van der Waals surface area contributed by atoms with Crippen molar-refractivity contribution in [3.8, 4) is 5.75 Å². The van der Waals surface area contributed by atoms with Crippen molar-refractivity contribution in [2.45, 2.75) is 6.42 Å². The Morgan fingerprint density at radius 2 is 2.33 bits per heavy atom. The molecule has 1 aromatic heterocycles. The number of methoxy groups -OCH3 is 1. The second-order valence-corrected chi connectivity index (χ2v) is 4.22. The maximum Gasteiger partial charge on any atom is 0.132 e. The molecule has 0 bridgehead atoms. The Hall–Kier alpha value is -1.04. The van der Waals surface area contributed by atoms with Gasteiger partial charge in [-0.15, -0.1) is 0 Å². The van der Waals surface area contributed by atoms with E-state index in [1.54, 1.807) is 13.3 Å². The molecular weight excluding hydrogens is 303 g/mol. The second-order valence-electron chi connectivity index (χ2n) is 3.15. The normalized spacial score (nSPS) is 10.3. The molecule has 2 aromatic rings. The molecule has 1 N–H and O–H groups in total. The predicted molar refractivity (Wildman–Crippen MR) is 67.1 cm³/mol. The molecule has 78 valence electrons. The number of hydrogen-bond donors (Lipinski definition) is 1. The van der Waals surface area contributed by atoms with E-state index < -0.39 is 0 Å². The minimum atomic E-state index is 0.808. The number of nitrogens with zero attached hydrogens (tertiary/aromatic N) is 1. The molecule has 0 radical (unpaired) electrons. The smallest absolute Gasteiger partial charge is 0.132 e. The third-order valence-corrected chi connectivity index (χ3v) is 3.40. The van der Waals surface area contributed by atoms with E-state index in [4.69, 9.17) is 4.74 Å². The van der Waals surface area contributed by atoms with Crippen LogP contribution in [-0.4, -0.2) is 17.1 Å². The van der Waals surface area contributed by atoms with Gasteiger partial charge in [-0.05, 0) is 34.2 Å². The first-order valence-electron chi connectivity index (χ1n) is 4.61. The lowest BCUT2D eigenvalue weighted by Crippen LogP contribution is -1.96. The van der Waals surface area contributed by atoms with Crippen molar-refractivity contribution >= 4 is 22.6 Å². The molecule has 0 saturated heterocycles. The SMILES string of the molecule is COc1cccc(Cc2ncc[nH]2)c1I. The number of nitrogens with one attached hydrogen (secondary N) is 1. The number of ether oxygens (including phenoxy) is 1. The summed E-state index contributed by atoms with van der Waals surface area (Å²) in [7, 11) is 1.69. The number of halogens is 1. The summed E-state index contributed by atoms with van der Waals surface area (Å²) in [6, 6.07) is 6.06. The number of hydrogen-bond acceptors (Lipinski definition) is 2. The highest BCUT2D eigenvalue weighted by molar-refractivity contribution is 14.1. The van der Waals surface area contributed by atoms with Crippen molar-refractivity contribution < 1.29 is 4.74 Å². The van der Waals surface area contributed by atoms with E-state index in [0.29, 0.717) is 0 Å². The standard InChI is InChI=1S/C11H11IN2O/c1-15-9-4-2-3-8(11(9)12)7-10-13-5-6-14-10/h2-6H,7H2,1H3,(H,13,14). The average molecular weight is 314 g/mol. The average Bonchev–Trinajstić information content (AvgIpc) is 2.74. The monoisotopic (exact) mass is 314 g/mol. The van der Waals surface area contributed by atoms with Crippen LogP contribution in [-0.2, 0) is 6.42 Å². The van der Waals surface area contributed by atoms with Gasteiger partial charge in [0.2, 0.25) is 0 Å². The summed E-state index contributed by atoms with van der Waals surface area (Å²) >= 11 is 2.30. The molecule has 1 aromatic carbocycles. The van der Waals surface area contributed by atoms with E-state index in [1.807, 2.05) is 18.3 Å². The van der Waals surface area contributed by atoms with Gasteiger partial charge in [0.25, 0.3) is 0 Å². The lowest BCUT2D eigenvalue weighted by atomic mass is 10.1. The zero-order valence-electron chi connectivity index (χ0n) is 8.33. The Morgan fingerprint density at radius 1 is 1.47 bits per heavy atom. The van der Waals surface area contributed by atoms with Crippen LogP contribution in [0.25, 0.3) is 0 Å². The molecule has 2 rings (SSSR count). The topological polar surface area (TPSA) is 37.9 Å². The largest absolute Gasteiger partial charge is 0.496 e. The summed E-state index contributed by atoms with van der Waals surface area (Å²) in [6.07, 6.45) is 4.41. The zero-order chi connectivity index (χ0) is 10.7. The highest BCUT2D eigenvalue weighted by Crippen LogP contribution is 2.25. The Bertz CT molecular complexity index is 440. The zero-order valence-corrected chi connectivity index (χ0v) is 10.5. The summed E-state index contributed by atoms with van der Waals surface area (Å²) in [6.45, 7) is 0. The molecule has 0 aliphatic carbocycles. The molecule has 0 aliphatic heterocycles. The number of H-pyrrole nitrogens is 1. The van der Waals surface area contributed by atoms with Crippen LogP contribution in [0.1, 0.15) is 11.4 Å². The number of benzene rings is 1. The highest BCUT2D eigenvalue weighted by Gasteiger charge is 2.07. The molecule has 0 saturated carbocycles. The van der Waals surface area contributed by atoms with Crippen LogP contribution in [0.4, 0.5) is 0 Å². The van der Waals surface area contributed by atoms with Crippen LogP contribution in [0.5, 0.6) is 5.75 Å². The molecular formula is C11H11IN2O. The van der Waals surface area contributed by atoms with Crippen molar-refractivity contribution in [3.05, 3.63) is 45.6 Å².